The Hall–Kier alpha value is -0.460. The van der Waals surface area contributed by atoms with Crippen LogP contribution in [0, 0.1) is 0 Å². The van der Waals surface area contributed by atoms with Gasteiger partial charge in [0.15, 0.2) is 0 Å². The first-order chi connectivity index (χ1) is 12.3. The largest absolute Gasteiger partial charge is 0.384 e. The molecule has 0 aromatic carbocycles. The van der Waals surface area contributed by atoms with Crippen molar-refractivity contribution >= 4 is 0 Å². The van der Waals surface area contributed by atoms with Gasteiger partial charge in [0, 0.05) is 14.1 Å². The molecule has 0 aliphatic heterocycles. The lowest BCUT2D eigenvalue weighted by atomic mass is 10.0. The Morgan fingerprint density at radius 3 is 1.12 bits per heavy atom. The second-order valence-electron chi connectivity index (χ2n) is 8.15. The van der Waals surface area contributed by atoms with Crippen LogP contribution in [-0.2, 0) is 0 Å². The van der Waals surface area contributed by atoms with Crippen LogP contribution in [-0.4, -0.2) is 19.0 Å². The zero-order valence-electron chi connectivity index (χ0n) is 18.0. The molecule has 0 spiro atoms. The maximum absolute atomic E-state index is 2.30. The van der Waals surface area contributed by atoms with E-state index in [1.807, 2.05) is 0 Å². The van der Waals surface area contributed by atoms with Gasteiger partial charge in [-0.25, -0.2) is 0 Å². The van der Waals surface area contributed by atoms with E-state index < -0.39 is 0 Å². The Kier molecular flexibility index (Phi) is 21.2. The monoisotopic (exact) mass is 351 g/mol. The summed E-state index contributed by atoms with van der Waals surface area (Å²) in [5, 5.41) is 0. The summed E-state index contributed by atoms with van der Waals surface area (Å²) in [4.78, 5) is 2.12. The van der Waals surface area contributed by atoms with Crippen molar-refractivity contribution < 1.29 is 0 Å². The fraction of sp³-hybridized carbons (Fsp3) is 0.917. The Balaban J connectivity index is 3.00. The van der Waals surface area contributed by atoms with E-state index in [-0.39, 0.29) is 0 Å². The standard InChI is InChI=1S/C24H49N/c1-4-5-6-7-8-9-10-11-12-13-14-15-16-17-18-19-20-21-22-23-24-25(2)3/h23-24H,4-22H2,1-3H3/b24-23+. The molecule has 0 saturated heterocycles. The highest BCUT2D eigenvalue weighted by molar-refractivity contribution is 4.78. The van der Waals surface area contributed by atoms with Gasteiger partial charge in [0.1, 0.15) is 0 Å². The van der Waals surface area contributed by atoms with E-state index in [0.717, 1.165) is 0 Å². The number of allylic oxidation sites excluding steroid dienone is 1. The summed E-state index contributed by atoms with van der Waals surface area (Å²) >= 11 is 0. The first-order valence-corrected chi connectivity index (χ1v) is 11.6. The van der Waals surface area contributed by atoms with Crippen LogP contribution in [0.4, 0.5) is 0 Å². The average molecular weight is 352 g/mol. The Labute approximate surface area is 160 Å². The van der Waals surface area contributed by atoms with E-state index in [9.17, 15) is 0 Å². The average Bonchev–Trinajstić information content (AvgIpc) is 2.60. The van der Waals surface area contributed by atoms with Gasteiger partial charge in [0.2, 0.25) is 0 Å². The molecule has 0 rings (SSSR count). The lowest BCUT2D eigenvalue weighted by Crippen LogP contribution is -1.99. The molecule has 0 saturated carbocycles. The van der Waals surface area contributed by atoms with Gasteiger partial charge in [-0.05, 0) is 19.0 Å². The smallest absolute Gasteiger partial charge is 0.00555 e. The van der Waals surface area contributed by atoms with Crippen molar-refractivity contribution in [2.24, 2.45) is 0 Å². The first-order valence-electron chi connectivity index (χ1n) is 11.6. The maximum Gasteiger partial charge on any atom is 0.00555 e. The second-order valence-corrected chi connectivity index (χ2v) is 8.15. The number of rotatable bonds is 20. The summed E-state index contributed by atoms with van der Waals surface area (Å²) < 4.78 is 0. The molecule has 0 amide bonds. The van der Waals surface area contributed by atoms with Crippen molar-refractivity contribution in [2.75, 3.05) is 14.1 Å². The van der Waals surface area contributed by atoms with Crippen molar-refractivity contribution in [3.8, 4) is 0 Å². The summed E-state index contributed by atoms with van der Waals surface area (Å²) in [5.74, 6) is 0. The number of hydrogen-bond acceptors (Lipinski definition) is 1. The number of hydrogen-bond donors (Lipinski definition) is 0. The van der Waals surface area contributed by atoms with Crippen molar-refractivity contribution in [3.05, 3.63) is 12.3 Å². The molecule has 0 atom stereocenters. The molecule has 0 aromatic heterocycles. The third-order valence-electron chi connectivity index (χ3n) is 5.13. The van der Waals surface area contributed by atoms with Gasteiger partial charge in [0.25, 0.3) is 0 Å². The Morgan fingerprint density at radius 2 is 0.800 bits per heavy atom. The Bertz CT molecular complexity index is 257. The van der Waals surface area contributed by atoms with Crippen LogP contribution in [0.3, 0.4) is 0 Å². The normalized spacial score (nSPS) is 11.5. The third kappa shape index (κ3) is 23.5. The van der Waals surface area contributed by atoms with Crippen molar-refractivity contribution in [1.29, 1.82) is 0 Å². The van der Waals surface area contributed by atoms with E-state index in [2.05, 4.69) is 38.2 Å². The molecule has 0 heterocycles. The minimum atomic E-state index is 1.25. The predicted octanol–water partition coefficient (Wildman–Crippen LogP) is 8.49. The van der Waals surface area contributed by atoms with Crippen LogP contribution < -0.4 is 0 Å². The minimum absolute atomic E-state index is 1.25. The van der Waals surface area contributed by atoms with E-state index in [4.69, 9.17) is 0 Å². The molecule has 1 nitrogen and oxygen atoms in total. The third-order valence-corrected chi connectivity index (χ3v) is 5.13. The van der Waals surface area contributed by atoms with Gasteiger partial charge < -0.3 is 4.90 Å². The van der Waals surface area contributed by atoms with Crippen molar-refractivity contribution in [1.82, 2.24) is 4.90 Å². The SMILES string of the molecule is CCCCCCCCCCCCCCCCCCCC/C=C/N(C)C. The van der Waals surface area contributed by atoms with Crippen LogP contribution in [0.1, 0.15) is 129 Å². The van der Waals surface area contributed by atoms with Crippen LogP contribution in [0.2, 0.25) is 0 Å². The lowest BCUT2D eigenvalue weighted by molar-refractivity contribution is 0.525. The highest BCUT2D eigenvalue weighted by Crippen LogP contribution is 2.14. The van der Waals surface area contributed by atoms with E-state index in [1.165, 1.54) is 122 Å². The van der Waals surface area contributed by atoms with Crippen LogP contribution >= 0.6 is 0 Å². The molecule has 0 bridgehead atoms. The predicted molar refractivity (Wildman–Crippen MR) is 116 cm³/mol. The highest BCUT2D eigenvalue weighted by Gasteiger charge is 1.94. The number of nitrogens with zero attached hydrogens (tertiary/aromatic N) is 1. The molecule has 150 valence electrons. The van der Waals surface area contributed by atoms with Crippen LogP contribution in [0.25, 0.3) is 0 Å². The van der Waals surface area contributed by atoms with Gasteiger partial charge >= 0.3 is 0 Å². The fourth-order valence-electron chi connectivity index (χ4n) is 3.45. The molecule has 0 aliphatic carbocycles. The van der Waals surface area contributed by atoms with Gasteiger partial charge in [-0.1, -0.05) is 122 Å². The van der Waals surface area contributed by atoms with Gasteiger partial charge in [-0.3, -0.25) is 0 Å². The minimum Gasteiger partial charge on any atom is -0.384 e. The molecule has 25 heavy (non-hydrogen) atoms. The van der Waals surface area contributed by atoms with E-state index >= 15 is 0 Å². The van der Waals surface area contributed by atoms with E-state index in [1.54, 1.807) is 0 Å². The summed E-state index contributed by atoms with van der Waals surface area (Å²) in [7, 11) is 4.18. The second kappa shape index (κ2) is 21.6. The van der Waals surface area contributed by atoms with Crippen LogP contribution in [0.5, 0.6) is 0 Å². The Morgan fingerprint density at radius 1 is 0.480 bits per heavy atom. The molecule has 0 aliphatic rings. The zero-order valence-corrected chi connectivity index (χ0v) is 18.0. The molecule has 0 aromatic rings. The van der Waals surface area contributed by atoms with Gasteiger partial charge in [0.05, 0.1) is 0 Å². The van der Waals surface area contributed by atoms with Gasteiger partial charge in [-0.2, -0.15) is 0 Å². The molecular weight excluding hydrogens is 302 g/mol. The molecule has 0 fully saturated rings. The van der Waals surface area contributed by atoms with Crippen molar-refractivity contribution in [2.45, 2.75) is 129 Å². The summed E-state index contributed by atoms with van der Waals surface area (Å²) in [5.41, 5.74) is 0. The van der Waals surface area contributed by atoms with Crippen molar-refractivity contribution in [3.63, 3.8) is 0 Å². The summed E-state index contributed by atoms with van der Waals surface area (Å²) in [6.07, 6.45) is 31.9. The van der Waals surface area contributed by atoms with Crippen LogP contribution in [0.15, 0.2) is 12.3 Å². The van der Waals surface area contributed by atoms with E-state index in [0.29, 0.717) is 0 Å². The van der Waals surface area contributed by atoms with Gasteiger partial charge in [-0.15, -0.1) is 0 Å². The first kappa shape index (κ1) is 24.5. The fourth-order valence-corrected chi connectivity index (χ4v) is 3.45. The number of unbranched alkanes of at least 4 members (excludes halogenated alkanes) is 18. The summed E-state index contributed by atoms with van der Waals surface area (Å²) in [6, 6.07) is 0. The molecule has 0 unspecified atom stereocenters. The molecular formula is C24H49N. The summed E-state index contributed by atoms with van der Waals surface area (Å²) in [6.45, 7) is 2.30. The lowest BCUT2D eigenvalue weighted by Gasteiger charge is -2.04. The quantitative estimate of drug-likeness (QED) is 0.199. The highest BCUT2D eigenvalue weighted by atomic mass is 15.0. The maximum atomic E-state index is 2.30. The zero-order chi connectivity index (χ0) is 18.4. The topological polar surface area (TPSA) is 3.24 Å². The molecule has 0 radical (unpaired) electrons. The molecule has 0 N–H and O–H groups in total. The molecule has 1 heteroatoms.